The summed E-state index contributed by atoms with van der Waals surface area (Å²) in [6, 6.07) is 5.92. The van der Waals surface area contributed by atoms with Gasteiger partial charge in [0, 0.05) is 16.2 Å². The topological polar surface area (TPSA) is 35.2 Å². The van der Waals surface area contributed by atoms with Crippen molar-refractivity contribution in [2.45, 2.75) is 28.9 Å². The van der Waals surface area contributed by atoms with Crippen LogP contribution >= 0.6 is 23.4 Å². The molecule has 2 nitrogen and oxygen atoms in total. The zero-order valence-corrected chi connectivity index (χ0v) is 10.9. The maximum absolute atomic E-state index is 6.09. The molecule has 2 N–H and O–H groups in total. The molecule has 1 aliphatic rings. The van der Waals surface area contributed by atoms with Gasteiger partial charge in [-0.1, -0.05) is 18.0 Å². The minimum Gasteiger partial charge on any atom is -0.495 e. The van der Waals surface area contributed by atoms with Gasteiger partial charge in [0.1, 0.15) is 5.75 Å². The summed E-state index contributed by atoms with van der Waals surface area (Å²) in [5, 5.41) is 0.666. The van der Waals surface area contributed by atoms with Crippen LogP contribution in [0.4, 0.5) is 0 Å². The first-order valence-corrected chi connectivity index (χ1v) is 6.61. The van der Waals surface area contributed by atoms with Crippen molar-refractivity contribution in [3.63, 3.8) is 0 Å². The predicted molar refractivity (Wildman–Crippen MR) is 69.5 cm³/mol. The van der Waals surface area contributed by atoms with Crippen molar-refractivity contribution in [2.75, 3.05) is 13.7 Å². The Morgan fingerprint density at radius 2 is 2.25 bits per heavy atom. The molecule has 88 valence electrons. The maximum atomic E-state index is 6.09. The number of methoxy groups -OCH3 is 1. The first kappa shape index (κ1) is 12.1. The van der Waals surface area contributed by atoms with Gasteiger partial charge >= 0.3 is 0 Å². The van der Waals surface area contributed by atoms with E-state index in [9.17, 15) is 0 Å². The van der Waals surface area contributed by atoms with Crippen LogP contribution in [0.2, 0.25) is 5.02 Å². The van der Waals surface area contributed by atoms with Gasteiger partial charge in [0.25, 0.3) is 0 Å². The SMILES string of the molecule is COc1ccc(SC2(CN)CCC2)cc1Cl. The number of halogens is 1. The highest BCUT2D eigenvalue weighted by Gasteiger charge is 2.36. The van der Waals surface area contributed by atoms with E-state index in [1.165, 1.54) is 24.2 Å². The molecule has 1 fully saturated rings. The van der Waals surface area contributed by atoms with E-state index in [-0.39, 0.29) is 4.75 Å². The summed E-state index contributed by atoms with van der Waals surface area (Å²) in [5.41, 5.74) is 5.83. The molecular formula is C12H16ClNOS. The number of nitrogens with two attached hydrogens (primary N) is 1. The molecule has 0 saturated heterocycles. The molecule has 0 heterocycles. The molecule has 1 aliphatic carbocycles. The van der Waals surface area contributed by atoms with E-state index in [1.54, 1.807) is 7.11 Å². The standard InChI is InChI=1S/C12H16ClNOS/c1-15-11-4-3-9(7-10(11)13)16-12(8-14)5-2-6-12/h3-4,7H,2,5-6,8,14H2,1H3. The van der Waals surface area contributed by atoms with Gasteiger partial charge in [0.15, 0.2) is 0 Å². The van der Waals surface area contributed by atoms with Gasteiger partial charge in [-0.05, 0) is 31.0 Å². The molecule has 0 aromatic heterocycles. The van der Waals surface area contributed by atoms with Crippen molar-refractivity contribution >= 4 is 23.4 Å². The van der Waals surface area contributed by atoms with E-state index in [2.05, 4.69) is 0 Å². The van der Waals surface area contributed by atoms with Crippen molar-refractivity contribution in [3.8, 4) is 5.75 Å². The first-order valence-electron chi connectivity index (χ1n) is 5.42. The molecule has 0 spiro atoms. The molecule has 0 amide bonds. The summed E-state index contributed by atoms with van der Waals surface area (Å²) >= 11 is 7.94. The molecule has 0 radical (unpaired) electrons. The third-order valence-corrected chi connectivity index (χ3v) is 4.89. The lowest BCUT2D eigenvalue weighted by Gasteiger charge is -2.40. The second kappa shape index (κ2) is 4.86. The fraction of sp³-hybridized carbons (Fsp3) is 0.500. The van der Waals surface area contributed by atoms with Gasteiger partial charge in [-0.15, -0.1) is 11.8 Å². The van der Waals surface area contributed by atoms with Crippen molar-refractivity contribution < 1.29 is 4.74 Å². The maximum Gasteiger partial charge on any atom is 0.137 e. The van der Waals surface area contributed by atoms with Gasteiger partial charge in [-0.3, -0.25) is 0 Å². The minimum atomic E-state index is 0.248. The summed E-state index contributed by atoms with van der Waals surface area (Å²) in [7, 11) is 1.63. The zero-order valence-electron chi connectivity index (χ0n) is 9.33. The quantitative estimate of drug-likeness (QED) is 0.899. The number of benzene rings is 1. The lowest BCUT2D eigenvalue weighted by Crippen LogP contribution is -2.40. The summed E-state index contributed by atoms with van der Waals surface area (Å²) in [4.78, 5) is 1.18. The molecule has 16 heavy (non-hydrogen) atoms. The number of hydrogen-bond donors (Lipinski definition) is 1. The van der Waals surface area contributed by atoms with Gasteiger partial charge < -0.3 is 10.5 Å². The highest BCUT2D eigenvalue weighted by molar-refractivity contribution is 8.00. The Labute approximate surface area is 105 Å². The van der Waals surface area contributed by atoms with E-state index >= 15 is 0 Å². The van der Waals surface area contributed by atoms with Gasteiger partial charge in [-0.2, -0.15) is 0 Å². The Bertz CT molecular complexity index is 374. The zero-order chi connectivity index (χ0) is 11.6. The van der Waals surface area contributed by atoms with Crippen LogP contribution in [-0.4, -0.2) is 18.4 Å². The molecule has 4 heteroatoms. The van der Waals surface area contributed by atoms with Crippen LogP contribution in [0.5, 0.6) is 5.75 Å². The number of rotatable bonds is 4. The van der Waals surface area contributed by atoms with E-state index < -0.39 is 0 Å². The van der Waals surface area contributed by atoms with Crippen molar-refractivity contribution in [1.29, 1.82) is 0 Å². The third kappa shape index (κ3) is 2.31. The highest BCUT2D eigenvalue weighted by Crippen LogP contribution is 2.47. The van der Waals surface area contributed by atoms with Crippen LogP contribution in [0.15, 0.2) is 23.1 Å². The Balaban J connectivity index is 2.13. The van der Waals surface area contributed by atoms with Crippen LogP contribution in [0.1, 0.15) is 19.3 Å². The lowest BCUT2D eigenvalue weighted by atomic mass is 9.84. The third-order valence-electron chi connectivity index (χ3n) is 3.09. The van der Waals surface area contributed by atoms with Crippen molar-refractivity contribution in [2.24, 2.45) is 5.73 Å². The summed E-state index contributed by atoms with van der Waals surface area (Å²) < 4.78 is 5.38. The minimum absolute atomic E-state index is 0.248. The molecule has 1 aromatic rings. The Morgan fingerprint density at radius 3 is 2.69 bits per heavy atom. The Morgan fingerprint density at radius 1 is 1.50 bits per heavy atom. The molecular weight excluding hydrogens is 242 g/mol. The van der Waals surface area contributed by atoms with Crippen molar-refractivity contribution in [1.82, 2.24) is 0 Å². The molecule has 1 saturated carbocycles. The van der Waals surface area contributed by atoms with Crippen LogP contribution in [0.25, 0.3) is 0 Å². The molecule has 2 rings (SSSR count). The first-order chi connectivity index (χ1) is 7.69. The molecule has 0 bridgehead atoms. The van der Waals surface area contributed by atoms with Gasteiger partial charge in [0.05, 0.1) is 12.1 Å². The van der Waals surface area contributed by atoms with Crippen LogP contribution < -0.4 is 10.5 Å². The molecule has 1 aromatic carbocycles. The fourth-order valence-corrected chi connectivity index (χ4v) is 3.59. The average molecular weight is 258 g/mol. The molecule has 0 aliphatic heterocycles. The lowest BCUT2D eigenvalue weighted by molar-refractivity contribution is 0.371. The second-order valence-electron chi connectivity index (χ2n) is 4.14. The van der Waals surface area contributed by atoms with Gasteiger partial charge in [-0.25, -0.2) is 0 Å². The highest BCUT2D eigenvalue weighted by atomic mass is 35.5. The van der Waals surface area contributed by atoms with Gasteiger partial charge in [0.2, 0.25) is 0 Å². The summed E-state index contributed by atoms with van der Waals surface area (Å²) in [6.45, 7) is 0.737. The monoisotopic (exact) mass is 257 g/mol. The Kier molecular flexibility index (Phi) is 3.67. The van der Waals surface area contributed by atoms with Crippen LogP contribution in [-0.2, 0) is 0 Å². The second-order valence-corrected chi connectivity index (χ2v) is 6.09. The summed E-state index contributed by atoms with van der Waals surface area (Å²) in [5.74, 6) is 0.724. The van der Waals surface area contributed by atoms with Crippen LogP contribution in [0.3, 0.4) is 0 Å². The largest absolute Gasteiger partial charge is 0.495 e. The van der Waals surface area contributed by atoms with Crippen LogP contribution in [0, 0.1) is 0 Å². The summed E-state index contributed by atoms with van der Waals surface area (Å²) in [6.07, 6.45) is 3.70. The van der Waals surface area contributed by atoms with E-state index in [1.807, 2.05) is 30.0 Å². The van der Waals surface area contributed by atoms with E-state index in [0.717, 1.165) is 12.3 Å². The molecule has 0 unspecified atom stereocenters. The molecule has 0 atom stereocenters. The number of thioether (sulfide) groups is 1. The van der Waals surface area contributed by atoms with Crippen molar-refractivity contribution in [3.05, 3.63) is 23.2 Å². The average Bonchev–Trinajstić information content (AvgIpc) is 2.24. The van der Waals surface area contributed by atoms with E-state index in [0.29, 0.717) is 5.02 Å². The number of hydrogen-bond acceptors (Lipinski definition) is 3. The number of ether oxygens (including phenoxy) is 1. The fourth-order valence-electron chi connectivity index (χ4n) is 1.88. The Hall–Kier alpha value is -0.380. The van der Waals surface area contributed by atoms with E-state index in [4.69, 9.17) is 22.1 Å². The predicted octanol–water partition coefficient (Wildman–Crippen LogP) is 3.32. The smallest absolute Gasteiger partial charge is 0.137 e. The normalized spacial score (nSPS) is 17.9.